The quantitative estimate of drug-likeness (QED) is 0.891. The molecule has 0 aromatic carbocycles. The van der Waals surface area contributed by atoms with Crippen molar-refractivity contribution in [3.8, 4) is 0 Å². The van der Waals surface area contributed by atoms with Gasteiger partial charge in [0.2, 0.25) is 0 Å². The third-order valence-corrected chi connectivity index (χ3v) is 3.38. The minimum Gasteiger partial charge on any atom is -0.381 e. The molecule has 0 aliphatic carbocycles. The molecule has 2 heterocycles. The molecular formula is C14H22N4O. The van der Waals surface area contributed by atoms with E-state index in [0.29, 0.717) is 11.7 Å². The average Bonchev–Trinajstić information content (AvgIpc) is 2.38. The zero-order valence-corrected chi connectivity index (χ0v) is 11.9. The number of pyridine rings is 1. The van der Waals surface area contributed by atoms with E-state index in [-0.39, 0.29) is 5.91 Å². The molecule has 0 spiro atoms. The van der Waals surface area contributed by atoms with Gasteiger partial charge in [-0.1, -0.05) is 0 Å². The third kappa shape index (κ3) is 3.67. The summed E-state index contributed by atoms with van der Waals surface area (Å²) in [5.74, 6) is -0.0654. The predicted octanol–water partition coefficient (Wildman–Crippen LogP) is 1.29. The first-order valence-electron chi connectivity index (χ1n) is 6.69. The van der Waals surface area contributed by atoms with E-state index in [1.807, 2.05) is 12.1 Å². The van der Waals surface area contributed by atoms with Crippen LogP contribution in [0, 0.1) is 0 Å². The summed E-state index contributed by atoms with van der Waals surface area (Å²) in [6, 6.07) is 4.20. The fourth-order valence-electron chi connectivity index (χ4n) is 2.39. The molecule has 1 unspecified atom stereocenters. The van der Waals surface area contributed by atoms with Crippen LogP contribution in [-0.4, -0.2) is 61.0 Å². The number of piperidine rings is 1. The van der Waals surface area contributed by atoms with E-state index in [1.165, 1.54) is 19.4 Å². The maximum absolute atomic E-state index is 11.9. The molecule has 1 aliphatic rings. The molecule has 1 atom stereocenters. The van der Waals surface area contributed by atoms with Crippen LogP contribution in [0.5, 0.6) is 0 Å². The fourth-order valence-corrected chi connectivity index (χ4v) is 2.39. The van der Waals surface area contributed by atoms with Crippen LogP contribution in [0.4, 0.5) is 5.69 Å². The number of nitrogens with zero attached hydrogens (tertiary/aromatic N) is 3. The number of carbonyl (C=O) groups is 1. The minimum absolute atomic E-state index is 0.0654. The highest BCUT2D eigenvalue weighted by atomic mass is 16.2. The number of carbonyl (C=O) groups excluding carboxylic acids is 1. The molecular weight excluding hydrogens is 240 g/mol. The van der Waals surface area contributed by atoms with Gasteiger partial charge in [0.25, 0.3) is 5.91 Å². The van der Waals surface area contributed by atoms with Crippen molar-refractivity contribution in [3.05, 3.63) is 24.0 Å². The highest BCUT2D eigenvalue weighted by Crippen LogP contribution is 2.16. The highest BCUT2D eigenvalue weighted by molar-refractivity contribution is 5.92. The van der Waals surface area contributed by atoms with Crippen LogP contribution in [0.2, 0.25) is 0 Å². The number of likely N-dealkylation sites (tertiary alicyclic amines) is 1. The Kier molecular flexibility index (Phi) is 4.37. The summed E-state index contributed by atoms with van der Waals surface area (Å²) in [4.78, 5) is 19.9. The molecule has 1 saturated heterocycles. The first-order valence-corrected chi connectivity index (χ1v) is 6.69. The molecule has 0 bridgehead atoms. The Morgan fingerprint density at radius 2 is 2.32 bits per heavy atom. The average molecular weight is 262 g/mol. The lowest BCUT2D eigenvalue weighted by Gasteiger charge is -2.30. The summed E-state index contributed by atoms with van der Waals surface area (Å²) in [6.07, 6.45) is 4.07. The second-order valence-corrected chi connectivity index (χ2v) is 5.38. The van der Waals surface area contributed by atoms with E-state index < -0.39 is 0 Å². The normalized spacial score (nSPS) is 20.1. The predicted molar refractivity (Wildman–Crippen MR) is 76.4 cm³/mol. The van der Waals surface area contributed by atoms with Gasteiger partial charge in [0, 0.05) is 38.6 Å². The van der Waals surface area contributed by atoms with Gasteiger partial charge in [0.05, 0.1) is 0 Å². The Balaban J connectivity index is 2.04. The van der Waals surface area contributed by atoms with Gasteiger partial charge in [-0.3, -0.25) is 9.78 Å². The van der Waals surface area contributed by atoms with Crippen molar-refractivity contribution in [2.24, 2.45) is 0 Å². The summed E-state index contributed by atoms with van der Waals surface area (Å²) in [5.41, 5.74) is 1.46. The Labute approximate surface area is 114 Å². The Morgan fingerprint density at radius 3 is 3.00 bits per heavy atom. The summed E-state index contributed by atoms with van der Waals surface area (Å²) in [5, 5.41) is 3.49. The van der Waals surface area contributed by atoms with Gasteiger partial charge in [-0.2, -0.15) is 0 Å². The topological polar surface area (TPSA) is 48.5 Å². The number of amides is 1. The molecule has 1 aliphatic heterocycles. The molecule has 1 aromatic heterocycles. The van der Waals surface area contributed by atoms with Crippen molar-refractivity contribution in [1.29, 1.82) is 0 Å². The van der Waals surface area contributed by atoms with Gasteiger partial charge < -0.3 is 15.1 Å². The SMILES string of the molecule is CN1CCCC(Nc2ccnc(C(=O)N(C)C)c2)C1. The first kappa shape index (κ1) is 13.8. The lowest BCUT2D eigenvalue weighted by Crippen LogP contribution is -2.39. The monoisotopic (exact) mass is 262 g/mol. The summed E-state index contributed by atoms with van der Waals surface area (Å²) in [6.45, 7) is 2.21. The van der Waals surface area contributed by atoms with Gasteiger partial charge in [-0.15, -0.1) is 0 Å². The van der Waals surface area contributed by atoms with Crippen molar-refractivity contribution < 1.29 is 4.79 Å². The number of rotatable bonds is 3. The molecule has 5 nitrogen and oxygen atoms in total. The lowest BCUT2D eigenvalue weighted by atomic mass is 10.1. The second kappa shape index (κ2) is 6.02. The summed E-state index contributed by atoms with van der Waals surface area (Å²) < 4.78 is 0. The van der Waals surface area contributed by atoms with Gasteiger partial charge in [-0.05, 0) is 38.6 Å². The van der Waals surface area contributed by atoms with Crippen molar-refractivity contribution in [2.75, 3.05) is 39.5 Å². The maximum Gasteiger partial charge on any atom is 0.272 e. The van der Waals surface area contributed by atoms with Crippen molar-refractivity contribution in [1.82, 2.24) is 14.8 Å². The van der Waals surface area contributed by atoms with E-state index in [4.69, 9.17) is 0 Å². The fraction of sp³-hybridized carbons (Fsp3) is 0.571. The Hall–Kier alpha value is -1.62. The molecule has 104 valence electrons. The van der Waals surface area contributed by atoms with E-state index >= 15 is 0 Å². The number of nitrogens with one attached hydrogen (secondary N) is 1. The molecule has 2 rings (SSSR count). The minimum atomic E-state index is -0.0654. The van der Waals surface area contributed by atoms with Gasteiger partial charge >= 0.3 is 0 Å². The molecule has 19 heavy (non-hydrogen) atoms. The smallest absolute Gasteiger partial charge is 0.272 e. The van der Waals surface area contributed by atoms with Crippen LogP contribution in [0.25, 0.3) is 0 Å². The van der Waals surface area contributed by atoms with Crippen molar-refractivity contribution in [3.63, 3.8) is 0 Å². The van der Waals surface area contributed by atoms with Crippen LogP contribution in [0.1, 0.15) is 23.3 Å². The Bertz CT molecular complexity index is 447. The van der Waals surface area contributed by atoms with Crippen LogP contribution in [0.15, 0.2) is 18.3 Å². The molecule has 0 radical (unpaired) electrons. The molecule has 0 saturated carbocycles. The molecule has 1 aromatic rings. The zero-order chi connectivity index (χ0) is 13.8. The lowest BCUT2D eigenvalue weighted by molar-refractivity contribution is 0.0822. The molecule has 1 N–H and O–H groups in total. The van der Waals surface area contributed by atoms with Crippen LogP contribution < -0.4 is 5.32 Å². The number of aromatic nitrogens is 1. The zero-order valence-electron chi connectivity index (χ0n) is 11.9. The van der Waals surface area contributed by atoms with Gasteiger partial charge in [0.15, 0.2) is 0 Å². The largest absolute Gasteiger partial charge is 0.381 e. The van der Waals surface area contributed by atoms with Crippen LogP contribution >= 0.6 is 0 Å². The van der Waals surface area contributed by atoms with E-state index in [1.54, 1.807) is 25.2 Å². The van der Waals surface area contributed by atoms with E-state index in [9.17, 15) is 4.79 Å². The second-order valence-electron chi connectivity index (χ2n) is 5.38. The number of hydrogen-bond donors (Lipinski definition) is 1. The maximum atomic E-state index is 11.9. The number of likely N-dealkylation sites (N-methyl/N-ethyl adjacent to an activating group) is 1. The number of anilines is 1. The molecule has 5 heteroatoms. The number of hydrogen-bond acceptors (Lipinski definition) is 4. The van der Waals surface area contributed by atoms with Gasteiger partial charge in [-0.25, -0.2) is 0 Å². The van der Waals surface area contributed by atoms with E-state index in [2.05, 4.69) is 22.2 Å². The van der Waals surface area contributed by atoms with Gasteiger partial charge in [0.1, 0.15) is 5.69 Å². The van der Waals surface area contributed by atoms with Crippen molar-refractivity contribution >= 4 is 11.6 Å². The third-order valence-electron chi connectivity index (χ3n) is 3.38. The standard InChI is InChI=1S/C14H22N4O/c1-17(2)14(19)13-9-11(6-7-15-13)16-12-5-4-8-18(3)10-12/h6-7,9,12H,4-5,8,10H2,1-3H3,(H,15,16). The highest BCUT2D eigenvalue weighted by Gasteiger charge is 2.17. The molecule has 1 amide bonds. The van der Waals surface area contributed by atoms with Crippen LogP contribution in [0.3, 0.4) is 0 Å². The first-order chi connectivity index (χ1) is 9.06. The molecule has 1 fully saturated rings. The summed E-state index contributed by atoms with van der Waals surface area (Å²) >= 11 is 0. The van der Waals surface area contributed by atoms with Crippen molar-refractivity contribution in [2.45, 2.75) is 18.9 Å². The van der Waals surface area contributed by atoms with E-state index in [0.717, 1.165) is 12.2 Å². The Morgan fingerprint density at radius 1 is 1.53 bits per heavy atom. The van der Waals surface area contributed by atoms with Crippen LogP contribution in [-0.2, 0) is 0 Å². The summed E-state index contributed by atoms with van der Waals surface area (Å²) in [7, 11) is 5.61.